The van der Waals surface area contributed by atoms with Crippen molar-refractivity contribution in [1.82, 2.24) is 10.2 Å². The highest BCUT2D eigenvalue weighted by Gasteiger charge is 2.28. The molecule has 1 aliphatic carbocycles. The molecular weight excluding hydrogens is 408 g/mol. The predicted molar refractivity (Wildman–Crippen MR) is 126 cm³/mol. The molecule has 0 aromatic heterocycles. The van der Waals surface area contributed by atoms with Crippen LogP contribution in [0.5, 0.6) is 0 Å². The van der Waals surface area contributed by atoms with Crippen molar-refractivity contribution in [3.63, 3.8) is 0 Å². The Morgan fingerprint density at radius 1 is 1.06 bits per heavy atom. The lowest BCUT2D eigenvalue weighted by atomic mass is 9.95. The maximum Gasteiger partial charge on any atom is 0.242 e. The molecule has 2 aromatic rings. The molecule has 2 amide bonds. The first-order valence-electron chi connectivity index (χ1n) is 11.3. The van der Waals surface area contributed by atoms with E-state index in [0.717, 1.165) is 36.8 Å². The fraction of sp³-hybridized carbons (Fsp3) is 0.462. The van der Waals surface area contributed by atoms with Gasteiger partial charge < -0.3 is 10.2 Å². The monoisotopic (exact) mass is 440 g/mol. The maximum absolute atomic E-state index is 13.2. The Kier molecular flexibility index (Phi) is 8.53. The van der Waals surface area contributed by atoms with Gasteiger partial charge in [0.05, 0.1) is 0 Å². The lowest BCUT2D eigenvalue weighted by Crippen LogP contribution is -2.50. The maximum atomic E-state index is 13.2. The van der Waals surface area contributed by atoms with Crippen LogP contribution in [0.2, 0.25) is 5.02 Å². The molecule has 0 spiro atoms. The number of nitrogens with one attached hydrogen (secondary N) is 1. The van der Waals surface area contributed by atoms with Crippen LogP contribution in [0, 0.1) is 6.92 Å². The van der Waals surface area contributed by atoms with E-state index in [9.17, 15) is 9.59 Å². The molecule has 0 unspecified atom stereocenters. The zero-order valence-electron chi connectivity index (χ0n) is 18.6. The summed E-state index contributed by atoms with van der Waals surface area (Å²) in [5.74, 6) is -0.116. The lowest BCUT2D eigenvalue weighted by Gasteiger charge is -2.31. The summed E-state index contributed by atoms with van der Waals surface area (Å²) in [5, 5.41) is 3.78. The highest BCUT2D eigenvalue weighted by molar-refractivity contribution is 6.31. The Bertz CT molecular complexity index is 875. The number of hydrogen-bond acceptors (Lipinski definition) is 2. The summed E-state index contributed by atoms with van der Waals surface area (Å²) in [5.41, 5.74) is 3.17. The van der Waals surface area contributed by atoms with Gasteiger partial charge in [-0.15, -0.1) is 0 Å². The van der Waals surface area contributed by atoms with Crippen molar-refractivity contribution < 1.29 is 9.59 Å². The summed E-state index contributed by atoms with van der Waals surface area (Å²) < 4.78 is 0. The molecule has 0 heterocycles. The Morgan fingerprint density at radius 2 is 1.74 bits per heavy atom. The summed E-state index contributed by atoms with van der Waals surface area (Å²) in [6.07, 6.45) is 6.58. The zero-order chi connectivity index (χ0) is 22.2. The number of carbonyl (C=O) groups is 2. The van der Waals surface area contributed by atoms with Crippen LogP contribution < -0.4 is 5.32 Å². The van der Waals surface area contributed by atoms with Crippen molar-refractivity contribution in [2.75, 3.05) is 0 Å². The topological polar surface area (TPSA) is 49.4 Å². The SMILES string of the molecule is Cc1ccc(CCC(=O)N(Cc2ccccc2Cl)[C@@H](C)C(=O)NC2CCCCC2)cc1. The van der Waals surface area contributed by atoms with E-state index in [0.29, 0.717) is 24.4 Å². The summed E-state index contributed by atoms with van der Waals surface area (Å²) >= 11 is 6.36. The van der Waals surface area contributed by atoms with Gasteiger partial charge >= 0.3 is 0 Å². The number of amides is 2. The van der Waals surface area contributed by atoms with Crippen LogP contribution >= 0.6 is 11.6 Å². The highest BCUT2D eigenvalue weighted by Crippen LogP contribution is 2.21. The largest absolute Gasteiger partial charge is 0.352 e. The van der Waals surface area contributed by atoms with Crippen molar-refractivity contribution in [3.05, 3.63) is 70.2 Å². The van der Waals surface area contributed by atoms with Crippen molar-refractivity contribution in [2.45, 2.75) is 77.4 Å². The molecule has 1 N–H and O–H groups in total. The van der Waals surface area contributed by atoms with Crippen LogP contribution in [0.4, 0.5) is 0 Å². The minimum absolute atomic E-state index is 0.0354. The molecule has 3 rings (SSSR count). The molecule has 1 atom stereocenters. The summed E-state index contributed by atoms with van der Waals surface area (Å²) in [6.45, 7) is 4.19. The molecule has 5 heteroatoms. The third kappa shape index (κ3) is 6.83. The first-order valence-corrected chi connectivity index (χ1v) is 11.7. The Morgan fingerprint density at radius 3 is 2.42 bits per heavy atom. The lowest BCUT2D eigenvalue weighted by molar-refractivity contribution is -0.141. The van der Waals surface area contributed by atoms with Crippen LogP contribution in [0.3, 0.4) is 0 Å². The van der Waals surface area contributed by atoms with Crippen LogP contribution in [0.15, 0.2) is 48.5 Å². The average molecular weight is 441 g/mol. The minimum atomic E-state index is -0.552. The smallest absolute Gasteiger partial charge is 0.242 e. The molecule has 0 bridgehead atoms. The second kappa shape index (κ2) is 11.3. The summed E-state index contributed by atoms with van der Waals surface area (Å²) in [7, 11) is 0. The third-order valence-electron chi connectivity index (χ3n) is 6.17. The zero-order valence-corrected chi connectivity index (χ0v) is 19.3. The van der Waals surface area contributed by atoms with Crippen LogP contribution in [0.25, 0.3) is 0 Å². The number of halogens is 1. The molecule has 0 saturated heterocycles. The van der Waals surface area contributed by atoms with E-state index >= 15 is 0 Å². The van der Waals surface area contributed by atoms with Crippen molar-refractivity contribution in [2.24, 2.45) is 0 Å². The van der Waals surface area contributed by atoms with E-state index in [1.165, 1.54) is 12.0 Å². The van der Waals surface area contributed by atoms with Gasteiger partial charge in [0.2, 0.25) is 11.8 Å². The van der Waals surface area contributed by atoms with Gasteiger partial charge in [0, 0.05) is 24.0 Å². The molecule has 0 radical (unpaired) electrons. The highest BCUT2D eigenvalue weighted by atomic mass is 35.5. The van der Waals surface area contributed by atoms with Gasteiger partial charge in [-0.2, -0.15) is 0 Å². The number of hydrogen-bond donors (Lipinski definition) is 1. The summed E-state index contributed by atoms with van der Waals surface area (Å²) in [6, 6.07) is 15.4. The first-order chi connectivity index (χ1) is 14.9. The van der Waals surface area contributed by atoms with Gasteiger partial charge in [-0.25, -0.2) is 0 Å². The normalized spacial score (nSPS) is 15.3. The summed E-state index contributed by atoms with van der Waals surface area (Å²) in [4.78, 5) is 27.9. The number of benzene rings is 2. The van der Waals surface area contributed by atoms with Gasteiger partial charge in [0.25, 0.3) is 0 Å². The van der Waals surface area contributed by atoms with Crippen LogP contribution in [0.1, 0.15) is 62.1 Å². The predicted octanol–water partition coefficient (Wildman–Crippen LogP) is 5.45. The first kappa shape index (κ1) is 23.3. The number of aryl methyl sites for hydroxylation is 2. The molecule has 1 aliphatic rings. The van der Waals surface area contributed by atoms with E-state index in [2.05, 4.69) is 29.6 Å². The number of rotatable bonds is 8. The fourth-order valence-corrected chi connectivity index (χ4v) is 4.31. The molecule has 166 valence electrons. The standard InChI is InChI=1S/C26H33ClN2O2/c1-19-12-14-21(15-13-19)16-17-25(30)29(18-22-8-6-7-11-24(22)27)20(2)26(31)28-23-9-4-3-5-10-23/h6-8,11-15,20,23H,3-5,9-10,16-18H2,1-2H3,(H,28,31)/t20-/m0/s1. The minimum Gasteiger partial charge on any atom is -0.352 e. The van der Waals surface area contributed by atoms with E-state index in [4.69, 9.17) is 11.6 Å². The quantitative estimate of drug-likeness (QED) is 0.593. The molecule has 1 fully saturated rings. The molecule has 31 heavy (non-hydrogen) atoms. The second-order valence-electron chi connectivity index (χ2n) is 8.62. The Balaban J connectivity index is 1.71. The average Bonchev–Trinajstić information content (AvgIpc) is 2.78. The Hall–Kier alpha value is -2.33. The van der Waals surface area contributed by atoms with Gasteiger partial charge in [0.15, 0.2) is 0 Å². The van der Waals surface area contributed by atoms with Crippen molar-refractivity contribution in [1.29, 1.82) is 0 Å². The van der Waals surface area contributed by atoms with E-state index in [1.54, 1.807) is 4.90 Å². The van der Waals surface area contributed by atoms with Crippen LogP contribution in [-0.2, 0) is 22.6 Å². The van der Waals surface area contributed by atoms with E-state index in [-0.39, 0.29) is 17.9 Å². The molecule has 1 saturated carbocycles. The second-order valence-corrected chi connectivity index (χ2v) is 9.03. The van der Waals surface area contributed by atoms with Gasteiger partial charge in [-0.3, -0.25) is 9.59 Å². The van der Waals surface area contributed by atoms with Gasteiger partial charge in [0.1, 0.15) is 6.04 Å². The van der Waals surface area contributed by atoms with Gasteiger partial charge in [-0.1, -0.05) is 78.9 Å². The third-order valence-corrected chi connectivity index (χ3v) is 6.53. The molecular formula is C26H33ClN2O2. The van der Waals surface area contributed by atoms with Gasteiger partial charge in [-0.05, 0) is 50.3 Å². The van der Waals surface area contributed by atoms with Crippen molar-refractivity contribution >= 4 is 23.4 Å². The molecule has 2 aromatic carbocycles. The Labute approximate surface area is 191 Å². The number of nitrogens with zero attached hydrogens (tertiary/aromatic N) is 1. The van der Waals surface area contributed by atoms with E-state index < -0.39 is 6.04 Å². The van der Waals surface area contributed by atoms with Crippen LogP contribution in [-0.4, -0.2) is 28.8 Å². The fourth-order valence-electron chi connectivity index (χ4n) is 4.11. The van der Waals surface area contributed by atoms with Crippen molar-refractivity contribution in [3.8, 4) is 0 Å². The van der Waals surface area contributed by atoms with E-state index in [1.807, 2.05) is 38.1 Å². The molecule has 4 nitrogen and oxygen atoms in total. The molecule has 0 aliphatic heterocycles. The number of carbonyl (C=O) groups excluding carboxylic acids is 2.